The van der Waals surface area contributed by atoms with Crippen molar-refractivity contribution in [2.75, 3.05) is 13.1 Å². The smallest absolute Gasteiger partial charge is 0.263 e. The molecule has 1 saturated heterocycles. The predicted octanol–water partition coefficient (Wildman–Crippen LogP) is 3.16. The van der Waals surface area contributed by atoms with E-state index in [1.165, 1.54) is 12.0 Å². The zero-order valence-electron chi connectivity index (χ0n) is 11.9. The van der Waals surface area contributed by atoms with Gasteiger partial charge < -0.3 is 9.64 Å². The molecule has 1 fully saturated rings. The van der Waals surface area contributed by atoms with Crippen molar-refractivity contribution in [2.24, 2.45) is 0 Å². The fourth-order valence-electron chi connectivity index (χ4n) is 2.41. The maximum atomic E-state index is 12.4. The van der Waals surface area contributed by atoms with Crippen LogP contribution in [0.4, 0.5) is 0 Å². The highest BCUT2D eigenvalue weighted by atomic mass is 16.5. The minimum absolute atomic E-state index is 0.141. The zero-order chi connectivity index (χ0) is 13.7. The average Bonchev–Trinajstić information content (AvgIpc) is 2.47. The summed E-state index contributed by atoms with van der Waals surface area (Å²) < 4.78 is 5.84. The molecule has 1 atom stereocenters. The summed E-state index contributed by atoms with van der Waals surface area (Å²) in [5.74, 6) is 0.922. The van der Waals surface area contributed by atoms with Crippen LogP contribution in [-0.2, 0) is 4.79 Å². The highest BCUT2D eigenvalue weighted by molar-refractivity contribution is 5.81. The molecule has 0 unspecified atom stereocenters. The normalized spacial score (nSPS) is 17.1. The molecule has 0 saturated carbocycles. The van der Waals surface area contributed by atoms with Gasteiger partial charge in [-0.1, -0.05) is 24.6 Å². The topological polar surface area (TPSA) is 29.5 Å². The quantitative estimate of drug-likeness (QED) is 0.833. The second kappa shape index (κ2) is 6.60. The summed E-state index contributed by atoms with van der Waals surface area (Å²) in [6.45, 7) is 5.81. The number of benzene rings is 1. The number of nitrogens with zero attached hydrogens (tertiary/aromatic N) is 1. The number of rotatable bonds is 4. The summed E-state index contributed by atoms with van der Waals surface area (Å²) in [5, 5.41) is 0. The lowest BCUT2D eigenvalue weighted by molar-refractivity contribution is -0.139. The molecule has 1 aromatic rings. The molecule has 3 nitrogen and oxygen atoms in total. The van der Waals surface area contributed by atoms with E-state index in [-0.39, 0.29) is 12.0 Å². The molecule has 1 aliphatic heterocycles. The van der Waals surface area contributed by atoms with Crippen LogP contribution in [0.3, 0.4) is 0 Å². The van der Waals surface area contributed by atoms with Gasteiger partial charge in [0.1, 0.15) is 5.75 Å². The van der Waals surface area contributed by atoms with Crippen LogP contribution in [0.1, 0.15) is 38.2 Å². The van der Waals surface area contributed by atoms with Crippen LogP contribution in [-0.4, -0.2) is 30.0 Å². The Labute approximate surface area is 115 Å². The van der Waals surface area contributed by atoms with Crippen molar-refractivity contribution < 1.29 is 9.53 Å². The number of piperidine rings is 1. The molecule has 0 radical (unpaired) electrons. The van der Waals surface area contributed by atoms with Gasteiger partial charge in [-0.3, -0.25) is 4.79 Å². The van der Waals surface area contributed by atoms with E-state index >= 15 is 0 Å². The number of hydrogen-bond acceptors (Lipinski definition) is 2. The Morgan fingerprint density at radius 1 is 1.21 bits per heavy atom. The lowest BCUT2D eigenvalue weighted by Crippen LogP contribution is -2.44. The van der Waals surface area contributed by atoms with Crippen LogP contribution >= 0.6 is 0 Å². The van der Waals surface area contributed by atoms with Gasteiger partial charge in [-0.2, -0.15) is 0 Å². The third kappa shape index (κ3) is 3.72. The molecule has 0 N–H and O–H groups in total. The maximum Gasteiger partial charge on any atom is 0.263 e. The molecule has 2 rings (SSSR count). The van der Waals surface area contributed by atoms with Gasteiger partial charge in [0.05, 0.1) is 0 Å². The summed E-state index contributed by atoms with van der Waals surface area (Å²) >= 11 is 0. The number of carbonyl (C=O) groups is 1. The van der Waals surface area contributed by atoms with Gasteiger partial charge in [0.2, 0.25) is 0 Å². The van der Waals surface area contributed by atoms with Crippen molar-refractivity contribution in [3.63, 3.8) is 0 Å². The second-order valence-electron chi connectivity index (χ2n) is 5.21. The Bertz CT molecular complexity index is 407. The third-order valence-corrected chi connectivity index (χ3v) is 3.61. The number of carbonyl (C=O) groups excluding carboxylic acids is 1. The van der Waals surface area contributed by atoms with Crippen LogP contribution in [0.2, 0.25) is 0 Å². The Morgan fingerprint density at radius 3 is 2.42 bits per heavy atom. The van der Waals surface area contributed by atoms with Crippen molar-refractivity contribution in [2.45, 2.75) is 45.6 Å². The van der Waals surface area contributed by atoms with Crippen molar-refractivity contribution >= 4 is 5.91 Å². The number of aryl methyl sites for hydroxylation is 1. The molecular weight excluding hydrogens is 238 g/mol. The summed E-state index contributed by atoms with van der Waals surface area (Å²) in [7, 11) is 0. The lowest BCUT2D eigenvalue weighted by atomic mass is 10.1. The van der Waals surface area contributed by atoms with Gasteiger partial charge in [-0.05, 0) is 44.7 Å². The van der Waals surface area contributed by atoms with Gasteiger partial charge in [0, 0.05) is 13.1 Å². The number of amides is 1. The molecule has 0 aromatic heterocycles. The summed E-state index contributed by atoms with van der Waals surface area (Å²) in [6, 6.07) is 7.88. The molecule has 3 heteroatoms. The van der Waals surface area contributed by atoms with Crippen LogP contribution < -0.4 is 4.74 Å². The van der Waals surface area contributed by atoms with Crippen molar-refractivity contribution in [3.8, 4) is 5.75 Å². The third-order valence-electron chi connectivity index (χ3n) is 3.61. The summed E-state index contributed by atoms with van der Waals surface area (Å²) in [4.78, 5) is 14.4. The van der Waals surface area contributed by atoms with Gasteiger partial charge >= 0.3 is 0 Å². The molecule has 19 heavy (non-hydrogen) atoms. The van der Waals surface area contributed by atoms with Gasteiger partial charge in [0.15, 0.2) is 6.10 Å². The SMILES string of the molecule is CC[C@H](Oc1ccc(C)cc1)C(=O)N1CCCCC1. The Balaban J connectivity index is 1.98. The highest BCUT2D eigenvalue weighted by Crippen LogP contribution is 2.17. The van der Waals surface area contributed by atoms with Crippen LogP contribution in [0, 0.1) is 6.92 Å². The predicted molar refractivity (Wildman–Crippen MR) is 76.3 cm³/mol. The minimum atomic E-state index is -0.346. The summed E-state index contributed by atoms with van der Waals surface area (Å²) in [5.41, 5.74) is 1.20. The highest BCUT2D eigenvalue weighted by Gasteiger charge is 2.25. The first-order chi connectivity index (χ1) is 9.20. The molecule has 0 aliphatic carbocycles. The van der Waals surface area contributed by atoms with E-state index in [1.54, 1.807) is 0 Å². The van der Waals surface area contributed by atoms with Crippen LogP contribution in [0.15, 0.2) is 24.3 Å². The number of likely N-dealkylation sites (tertiary alicyclic amines) is 1. The van der Waals surface area contributed by atoms with Gasteiger partial charge in [0.25, 0.3) is 5.91 Å². The van der Waals surface area contributed by atoms with Crippen LogP contribution in [0.25, 0.3) is 0 Å². The fourth-order valence-corrected chi connectivity index (χ4v) is 2.41. The average molecular weight is 261 g/mol. The lowest BCUT2D eigenvalue weighted by Gasteiger charge is -2.30. The Morgan fingerprint density at radius 2 is 1.84 bits per heavy atom. The van der Waals surface area contributed by atoms with E-state index in [2.05, 4.69) is 0 Å². The first-order valence-electron chi connectivity index (χ1n) is 7.23. The number of hydrogen-bond donors (Lipinski definition) is 0. The maximum absolute atomic E-state index is 12.4. The van der Waals surface area contributed by atoms with E-state index in [9.17, 15) is 4.79 Å². The van der Waals surface area contributed by atoms with Crippen molar-refractivity contribution in [1.29, 1.82) is 0 Å². The van der Waals surface area contributed by atoms with Crippen molar-refractivity contribution in [3.05, 3.63) is 29.8 Å². The fraction of sp³-hybridized carbons (Fsp3) is 0.562. The molecule has 1 amide bonds. The molecule has 104 valence electrons. The Hall–Kier alpha value is -1.51. The van der Waals surface area contributed by atoms with E-state index in [0.29, 0.717) is 6.42 Å². The first-order valence-corrected chi connectivity index (χ1v) is 7.23. The van der Waals surface area contributed by atoms with Crippen LogP contribution in [0.5, 0.6) is 5.75 Å². The van der Waals surface area contributed by atoms with Crippen molar-refractivity contribution in [1.82, 2.24) is 4.90 Å². The minimum Gasteiger partial charge on any atom is -0.481 e. The zero-order valence-corrected chi connectivity index (χ0v) is 11.9. The summed E-state index contributed by atoms with van der Waals surface area (Å²) in [6.07, 6.45) is 3.84. The van der Waals surface area contributed by atoms with Gasteiger partial charge in [-0.25, -0.2) is 0 Å². The molecule has 1 heterocycles. The van der Waals surface area contributed by atoms with E-state index in [0.717, 1.165) is 31.7 Å². The van der Waals surface area contributed by atoms with Gasteiger partial charge in [-0.15, -0.1) is 0 Å². The monoisotopic (exact) mass is 261 g/mol. The second-order valence-corrected chi connectivity index (χ2v) is 5.21. The molecule has 1 aromatic carbocycles. The van der Waals surface area contributed by atoms with E-state index < -0.39 is 0 Å². The Kier molecular flexibility index (Phi) is 4.83. The molecule has 0 bridgehead atoms. The number of ether oxygens (including phenoxy) is 1. The van der Waals surface area contributed by atoms with E-state index in [1.807, 2.05) is 43.0 Å². The van der Waals surface area contributed by atoms with E-state index in [4.69, 9.17) is 4.74 Å². The standard InChI is InChI=1S/C16H23NO2/c1-3-15(16(18)17-11-5-4-6-12-17)19-14-9-7-13(2)8-10-14/h7-10,15H,3-6,11-12H2,1-2H3/t15-/m0/s1. The molecule has 1 aliphatic rings. The molecular formula is C16H23NO2. The molecule has 0 spiro atoms. The largest absolute Gasteiger partial charge is 0.481 e. The first kappa shape index (κ1) is 13.9.